The maximum absolute atomic E-state index is 12.4. The molecule has 2 heterocycles. The van der Waals surface area contributed by atoms with Crippen molar-refractivity contribution in [2.24, 2.45) is 0 Å². The topological polar surface area (TPSA) is 107 Å². The van der Waals surface area contributed by atoms with Crippen LogP contribution >= 0.6 is 0 Å². The highest BCUT2D eigenvalue weighted by atomic mass is 32.2. The van der Waals surface area contributed by atoms with Crippen LogP contribution in [-0.4, -0.2) is 49.9 Å². The van der Waals surface area contributed by atoms with E-state index in [4.69, 9.17) is 4.74 Å². The van der Waals surface area contributed by atoms with Crippen LogP contribution in [0.3, 0.4) is 0 Å². The van der Waals surface area contributed by atoms with Gasteiger partial charge in [-0.2, -0.15) is 15.0 Å². The van der Waals surface area contributed by atoms with Crippen LogP contribution in [0.15, 0.2) is 29.2 Å². The normalized spacial score (nSPS) is 14.8. The molecule has 0 saturated carbocycles. The lowest BCUT2D eigenvalue weighted by Crippen LogP contribution is -2.26. The van der Waals surface area contributed by atoms with E-state index in [-0.39, 0.29) is 23.3 Å². The molecule has 0 bridgehead atoms. The van der Waals surface area contributed by atoms with Crippen molar-refractivity contribution in [3.05, 3.63) is 30.1 Å². The fourth-order valence-electron chi connectivity index (χ4n) is 2.68. The molecule has 158 valence electrons. The molecule has 29 heavy (non-hydrogen) atoms. The van der Waals surface area contributed by atoms with Gasteiger partial charge >= 0.3 is 12.4 Å². The Balaban J connectivity index is 1.72. The Bertz CT molecular complexity index is 948. The highest BCUT2D eigenvalue weighted by molar-refractivity contribution is 7.89. The molecule has 9 nitrogen and oxygen atoms in total. The number of benzene rings is 1. The Morgan fingerprint density at radius 1 is 1.10 bits per heavy atom. The summed E-state index contributed by atoms with van der Waals surface area (Å²) >= 11 is 0. The summed E-state index contributed by atoms with van der Waals surface area (Å²) in [7, 11) is -2.62. The highest BCUT2D eigenvalue weighted by Gasteiger charge is 2.31. The van der Waals surface area contributed by atoms with E-state index in [1.807, 2.05) is 4.90 Å². The van der Waals surface area contributed by atoms with Crippen molar-refractivity contribution in [3.63, 3.8) is 0 Å². The first kappa shape index (κ1) is 21.0. The number of methoxy groups -OCH3 is 1. The second kappa shape index (κ2) is 8.37. The Morgan fingerprint density at radius 2 is 1.76 bits per heavy atom. The second-order valence-electron chi connectivity index (χ2n) is 6.08. The molecule has 1 N–H and O–H groups in total. The zero-order valence-corrected chi connectivity index (χ0v) is 16.1. The van der Waals surface area contributed by atoms with Gasteiger partial charge in [-0.25, -0.2) is 13.1 Å². The highest BCUT2D eigenvalue weighted by Crippen LogP contribution is 2.24. The summed E-state index contributed by atoms with van der Waals surface area (Å²) in [4.78, 5) is 14.2. The maximum Gasteiger partial charge on any atom is 0.573 e. The Hall–Kier alpha value is -2.67. The lowest BCUT2D eigenvalue weighted by molar-refractivity contribution is -0.274. The van der Waals surface area contributed by atoms with Crippen LogP contribution in [0.1, 0.15) is 18.7 Å². The van der Waals surface area contributed by atoms with E-state index in [0.717, 1.165) is 50.2 Å². The quantitative estimate of drug-likeness (QED) is 0.705. The lowest BCUT2D eigenvalue weighted by atomic mass is 10.3. The summed E-state index contributed by atoms with van der Waals surface area (Å²) in [5.41, 5.74) is 0. The minimum Gasteiger partial charge on any atom is -0.467 e. The molecular formula is C16H18F3N5O4S. The lowest BCUT2D eigenvalue weighted by Gasteiger charge is -2.16. The number of anilines is 1. The number of alkyl halides is 3. The molecule has 1 fully saturated rings. The number of hydrogen-bond donors (Lipinski definition) is 1. The first-order valence-electron chi connectivity index (χ1n) is 8.56. The minimum atomic E-state index is -4.86. The van der Waals surface area contributed by atoms with E-state index >= 15 is 0 Å². The third kappa shape index (κ3) is 5.67. The molecule has 2 aromatic rings. The van der Waals surface area contributed by atoms with Gasteiger partial charge in [0.25, 0.3) is 0 Å². The van der Waals surface area contributed by atoms with Crippen LogP contribution in [0.5, 0.6) is 11.8 Å². The molecule has 0 spiro atoms. The fraction of sp³-hybridized carbons (Fsp3) is 0.438. The average Bonchev–Trinajstić information content (AvgIpc) is 3.20. The molecule has 0 unspecified atom stereocenters. The van der Waals surface area contributed by atoms with E-state index < -0.39 is 22.1 Å². The summed E-state index contributed by atoms with van der Waals surface area (Å²) in [6.45, 7) is 1.32. The van der Waals surface area contributed by atoms with Crippen LogP contribution in [-0.2, 0) is 16.6 Å². The van der Waals surface area contributed by atoms with Gasteiger partial charge in [-0.1, -0.05) is 0 Å². The standard InChI is InChI=1S/C16H18F3N5O4S/c1-27-15-22-13(21-14(23-15)24-8-2-3-9-24)10-20-29(25,26)12-6-4-11(5-7-12)28-16(17,18)19/h4-7,20H,2-3,8-10H2,1H3. The Morgan fingerprint density at radius 3 is 2.34 bits per heavy atom. The molecule has 0 amide bonds. The number of sulfonamides is 1. The molecule has 1 saturated heterocycles. The molecule has 3 rings (SSSR count). The molecule has 0 atom stereocenters. The van der Waals surface area contributed by atoms with Crippen molar-refractivity contribution >= 4 is 16.0 Å². The summed E-state index contributed by atoms with van der Waals surface area (Å²) in [6, 6.07) is 3.91. The molecule has 1 aliphatic heterocycles. The van der Waals surface area contributed by atoms with Crippen LogP contribution in [0.25, 0.3) is 0 Å². The molecular weight excluding hydrogens is 415 g/mol. The number of hydrogen-bond acceptors (Lipinski definition) is 8. The van der Waals surface area contributed by atoms with Gasteiger partial charge in [0.05, 0.1) is 18.6 Å². The van der Waals surface area contributed by atoms with Crippen LogP contribution < -0.4 is 19.1 Å². The number of ether oxygens (including phenoxy) is 2. The third-order valence-electron chi connectivity index (χ3n) is 4.01. The van der Waals surface area contributed by atoms with Crippen molar-refractivity contribution in [3.8, 4) is 11.8 Å². The van der Waals surface area contributed by atoms with Crippen molar-refractivity contribution < 1.29 is 31.1 Å². The average molecular weight is 433 g/mol. The van der Waals surface area contributed by atoms with Gasteiger partial charge in [0, 0.05) is 13.1 Å². The monoisotopic (exact) mass is 433 g/mol. The van der Waals surface area contributed by atoms with Crippen molar-refractivity contribution in [1.29, 1.82) is 0 Å². The van der Waals surface area contributed by atoms with Crippen LogP contribution in [0.2, 0.25) is 0 Å². The van der Waals surface area contributed by atoms with E-state index in [1.54, 1.807) is 0 Å². The molecule has 0 radical (unpaired) electrons. The summed E-state index contributed by atoms with van der Waals surface area (Å²) < 4.78 is 72.5. The first-order chi connectivity index (χ1) is 13.7. The predicted molar refractivity (Wildman–Crippen MR) is 95.0 cm³/mol. The van der Waals surface area contributed by atoms with Gasteiger partial charge in [-0.3, -0.25) is 0 Å². The van der Waals surface area contributed by atoms with Gasteiger partial charge in [-0.05, 0) is 37.1 Å². The Kier molecular flexibility index (Phi) is 6.07. The fourth-order valence-corrected chi connectivity index (χ4v) is 3.66. The van der Waals surface area contributed by atoms with Crippen molar-refractivity contribution in [1.82, 2.24) is 19.7 Å². The van der Waals surface area contributed by atoms with Gasteiger partial charge in [0.1, 0.15) is 5.75 Å². The number of aromatic nitrogens is 3. The number of halogens is 3. The van der Waals surface area contributed by atoms with Crippen molar-refractivity contribution in [2.45, 2.75) is 30.6 Å². The van der Waals surface area contributed by atoms with Gasteiger partial charge in [-0.15, -0.1) is 13.2 Å². The maximum atomic E-state index is 12.4. The summed E-state index contributed by atoms with van der Waals surface area (Å²) in [5.74, 6) is 0.0328. The van der Waals surface area contributed by atoms with E-state index in [9.17, 15) is 21.6 Å². The Labute approximate surface area is 164 Å². The predicted octanol–water partition coefficient (Wildman–Crippen LogP) is 1.86. The number of rotatable bonds is 7. The summed E-state index contributed by atoms with van der Waals surface area (Å²) in [5, 5.41) is 0. The van der Waals surface area contributed by atoms with Crippen molar-refractivity contribution in [2.75, 3.05) is 25.1 Å². The molecule has 13 heteroatoms. The van der Waals surface area contributed by atoms with E-state index in [2.05, 4.69) is 24.4 Å². The minimum absolute atomic E-state index is 0.0600. The van der Waals surface area contributed by atoms with Gasteiger partial charge in [0.15, 0.2) is 5.82 Å². The molecule has 0 aliphatic carbocycles. The summed E-state index contributed by atoms with van der Waals surface area (Å²) in [6.07, 6.45) is -2.85. The zero-order valence-electron chi connectivity index (χ0n) is 15.3. The second-order valence-corrected chi connectivity index (χ2v) is 7.84. The number of nitrogens with one attached hydrogen (secondary N) is 1. The SMILES string of the molecule is COc1nc(CNS(=O)(=O)c2ccc(OC(F)(F)F)cc2)nc(N2CCCC2)n1. The zero-order chi connectivity index (χ0) is 21.1. The van der Waals surface area contributed by atoms with Gasteiger partial charge in [0.2, 0.25) is 16.0 Å². The van der Waals surface area contributed by atoms with Crippen LogP contribution in [0.4, 0.5) is 19.1 Å². The smallest absolute Gasteiger partial charge is 0.467 e. The third-order valence-corrected chi connectivity index (χ3v) is 5.43. The molecule has 1 aromatic heterocycles. The van der Waals surface area contributed by atoms with E-state index in [0.29, 0.717) is 5.95 Å². The molecule has 1 aromatic carbocycles. The first-order valence-corrected chi connectivity index (χ1v) is 10.0. The number of nitrogens with zero attached hydrogens (tertiary/aromatic N) is 4. The molecule has 1 aliphatic rings. The largest absolute Gasteiger partial charge is 0.573 e. The van der Waals surface area contributed by atoms with E-state index in [1.165, 1.54) is 7.11 Å². The van der Waals surface area contributed by atoms with Gasteiger partial charge < -0.3 is 14.4 Å². The van der Waals surface area contributed by atoms with Crippen LogP contribution in [0, 0.1) is 0 Å².